The summed E-state index contributed by atoms with van der Waals surface area (Å²) in [6.07, 6.45) is 8.27. The number of thioether (sulfide) groups is 1. The van der Waals surface area contributed by atoms with Crippen molar-refractivity contribution in [2.75, 3.05) is 19.7 Å². The standard InChI is InChI=1S/C16H27N3O4S.C9H12.C5H8.C2H6/c1-3-5-12-6-4-7-19(12)16(22)15(21)13(20)9-23-17-8-14-18-11(2)10-24-14;1-3-9-7-5-4-6-8(9)2;1-3-5-4-2;1-2/h3,10,12-15,17-18,20-21H,1,4-9H2,2H3;4-7H,3H2,1-2H3;3-5H,1H2,2H3;1-2H3/b;;5-4-;/t12?,13-,14?,15+;;;/m0.../s1. The maximum absolute atomic E-state index is 12.3. The maximum Gasteiger partial charge on any atom is 0.254 e. The van der Waals surface area contributed by atoms with Crippen molar-refractivity contribution in [2.24, 2.45) is 0 Å². The zero-order valence-corrected chi connectivity index (χ0v) is 26.3. The van der Waals surface area contributed by atoms with Gasteiger partial charge in [0.25, 0.3) is 5.91 Å². The third-order valence-electron chi connectivity index (χ3n) is 6.11. The number of carbonyl (C=O) groups is 1. The Hall–Kier alpha value is -2.36. The van der Waals surface area contributed by atoms with Crippen LogP contribution in [0.3, 0.4) is 0 Å². The predicted octanol–water partition coefficient (Wildman–Crippen LogP) is 5.65. The number of benzene rings is 1. The molecular formula is C32H53N3O4S. The molecule has 2 heterocycles. The summed E-state index contributed by atoms with van der Waals surface area (Å²) in [5.74, 6) is -0.441. The van der Waals surface area contributed by atoms with Gasteiger partial charge in [0.1, 0.15) is 6.10 Å². The number of aliphatic hydroxyl groups is 2. The highest BCUT2D eigenvalue weighted by Gasteiger charge is 2.34. The Bertz CT molecular complexity index is 906. The Morgan fingerprint density at radius 3 is 2.48 bits per heavy atom. The molecular weight excluding hydrogens is 522 g/mol. The van der Waals surface area contributed by atoms with E-state index in [4.69, 9.17) is 4.84 Å². The van der Waals surface area contributed by atoms with Gasteiger partial charge >= 0.3 is 0 Å². The minimum absolute atomic E-state index is 0.0668. The van der Waals surface area contributed by atoms with Crippen LogP contribution in [0.25, 0.3) is 0 Å². The summed E-state index contributed by atoms with van der Waals surface area (Å²) in [5.41, 5.74) is 6.71. The monoisotopic (exact) mass is 575 g/mol. The van der Waals surface area contributed by atoms with Crippen LogP contribution in [0.1, 0.15) is 65.0 Å². The van der Waals surface area contributed by atoms with Gasteiger partial charge in [-0.3, -0.25) is 9.63 Å². The topological polar surface area (TPSA) is 94.1 Å². The molecule has 1 fully saturated rings. The normalized spacial score (nSPS) is 19.0. The first kappa shape index (κ1) is 37.6. The number of likely N-dealkylation sites (tertiary alicyclic amines) is 1. The third-order valence-corrected chi connectivity index (χ3v) is 7.21. The molecule has 0 radical (unpaired) electrons. The molecule has 3 rings (SSSR count). The highest BCUT2D eigenvalue weighted by molar-refractivity contribution is 8.03. The number of nitrogens with one attached hydrogen (secondary N) is 2. The average Bonchev–Trinajstić information content (AvgIpc) is 3.61. The maximum atomic E-state index is 12.3. The lowest BCUT2D eigenvalue weighted by atomic mass is 10.1. The summed E-state index contributed by atoms with van der Waals surface area (Å²) in [7, 11) is 0. The second-order valence-corrected chi connectivity index (χ2v) is 10.2. The van der Waals surface area contributed by atoms with Gasteiger partial charge in [-0.05, 0) is 63.0 Å². The van der Waals surface area contributed by atoms with E-state index in [0.717, 1.165) is 25.0 Å². The second kappa shape index (κ2) is 23.4. The largest absolute Gasteiger partial charge is 0.387 e. The zero-order valence-electron chi connectivity index (χ0n) is 25.4. The minimum atomic E-state index is -1.47. The number of allylic oxidation sites excluding steroid dienone is 4. The molecule has 0 aliphatic carbocycles. The molecule has 226 valence electrons. The lowest BCUT2D eigenvalue weighted by Crippen LogP contribution is -2.48. The van der Waals surface area contributed by atoms with Crippen molar-refractivity contribution in [1.29, 1.82) is 0 Å². The molecule has 4 atom stereocenters. The van der Waals surface area contributed by atoms with Gasteiger partial charge in [0.2, 0.25) is 0 Å². The summed E-state index contributed by atoms with van der Waals surface area (Å²) in [5, 5.41) is 25.5. The van der Waals surface area contributed by atoms with Gasteiger partial charge in [0.05, 0.1) is 18.5 Å². The highest BCUT2D eigenvalue weighted by Crippen LogP contribution is 2.22. The van der Waals surface area contributed by atoms with Crippen molar-refractivity contribution in [3.63, 3.8) is 0 Å². The van der Waals surface area contributed by atoms with Crippen molar-refractivity contribution >= 4 is 17.7 Å². The molecule has 7 nitrogen and oxygen atoms in total. The molecule has 0 spiro atoms. The molecule has 1 aromatic rings. The third kappa shape index (κ3) is 14.9. The van der Waals surface area contributed by atoms with Crippen LogP contribution in [0.4, 0.5) is 0 Å². The minimum Gasteiger partial charge on any atom is -0.387 e. The Kier molecular flexibility index (Phi) is 22.0. The van der Waals surface area contributed by atoms with E-state index < -0.39 is 18.1 Å². The fourth-order valence-corrected chi connectivity index (χ4v) is 4.87. The van der Waals surface area contributed by atoms with Crippen LogP contribution in [0.2, 0.25) is 0 Å². The number of aliphatic hydroxyl groups excluding tert-OH is 2. The van der Waals surface area contributed by atoms with Gasteiger partial charge in [0, 0.05) is 18.3 Å². The first-order valence-electron chi connectivity index (χ1n) is 14.3. The van der Waals surface area contributed by atoms with E-state index in [1.54, 1.807) is 28.8 Å². The number of nitrogens with zero attached hydrogens (tertiary/aromatic N) is 1. The van der Waals surface area contributed by atoms with Crippen LogP contribution < -0.4 is 10.8 Å². The molecule has 2 unspecified atom stereocenters. The van der Waals surface area contributed by atoms with E-state index in [0.29, 0.717) is 19.5 Å². The van der Waals surface area contributed by atoms with Crippen LogP contribution in [0.15, 0.2) is 72.8 Å². The number of hydrogen-bond donors (Lipinski definition) is 4. The van der Waals surface area contributed by atoms with E-state index in [1.165, 1.54) is 11.1 Å². The van der Waals surface area contributed by atoms with Crippen molar-refractivity contribution in [3.8, 4) is 0 Å². The van der Waals surface area contributed by atoms with Crippen LogP contribution in [0.5, 0.6) is 0 Å². The molecule has 0 saturated carbocycles. The van der Waals surface area contributed by atoms with Gasteiger partial charge in [-0.1, -0.05) is 75.9 Å². The molecule has 2 aliphatic rings. The first-order valence-corrected chi connectivity index (χ1v) is 15.2. The van der Waals surface area contributed by atoms with E-state index in [1.807, 2.05) is 45.3 Å². The van der Waals surface area contributed by atoms with Gasteiger partial charge in [-0.25, -0.2) is 0 Å². The summed E-state index contributed by atoms with van der Waals surface area (Å²) >= 11 is 1.65. The summed E-state index contributed by atoms with van der Waals surface area (Å²) in [6, 6.07) is 8.56. The van der Waals surface area contributed by atoms with Crippen LogP contribution in [-0.4, -0.2) is 64.3 Å². The quantitative estimate of drug-likeness (QED) is 0.117. The van der Waals surface area contributed by atoms with E-state index in [2.05, 4.69) is 62.1 Å². The molecule has 1 amide bonds. The molecule has 4 N–H and O–H groups in total. The summed E-state index contributed by atoms with van der Waals surface area (Å²) in [4.78, 5) is 19.1. The lowest BCUT2D eigenvalue weighted by molar-refractivity contribution is -0.151. The summed E-state index contributed by atoms with van der Waals surface area (Å²) < 4.78 is 0. The number of carbonyl (C=O) groups excluding carboxylic acids is 1. The van der Waals surface area contributed by atoms with Crippen LogP contribution in [0, 0.1) is 6.92 Å². The van der Waals surface area contributed by atoms with Crippen molar-refractivity contribution in [3.05, 3.63) is 84.0 Å². The number of amides is 1. The zero-order chi connectivity index (χ0) is 30.3. The molecule has 40 heavy (non-hydrogen) atoms. The van der Waals surface area contributed by atoms with Gasteiger partial charge in [0.15, 0.2) is 6.10 Å². The van der Waals surface area contributed by atoms with Crippen molar-refractivity contribution < 1.29 is 19.8 Å². The van der Waals surface area contributed by atoms with Crippen molar-refractivity contribution in [2.45, 2.75) is 90.8 Å². The fourth-order valence-electron chi connectivity index (χ4n) is 4.02. The molecule has 1 aromatic carbocycles. The Morgan fingerprint density at radius 1 is 1.27 bits per heavy atom. The molecule has 0 aromatic heterocycles. The summed E-state index contributed by atoms with van der Waals surface area (Å²) in [6.45, 7) is 20.4. The van der Waals surface area contributed by atoms with E-state index in [9.17, 15) is 15.0 Å². The first-order chi connectivity index (χ1) is 19.3. The molecule has 1 saturated heterocycles. The highest BCUT2D eigenvalue weighted by atomic mass is 32.2. The van der Waals surface area contributed by atoms with E-state index >= 15 is 0 Å². The average molecular weight is 576 g/mol. The van der Waals surface area contributed by atoms with Gasteiger partial charge in [-0.15, -0.1) is 18.3 Å². The van der Waals surface area contributed by atoms with Crippen molar-refractivity contribution in [1.82, 2.24) is 15.7 Å². The Morgan fingerprint density at radius 2 is 1.98 bits per heavy atom. The lowest BCUT2D eigenvalue weighted by Gasteiger charge is -2.28. The smallest absolute Gasteiger partial charge is 0.254 e. The number of aryl methyl sites for hydroxylation is 2. The molecule has 2 aliphatic heterocycles. The number of hydroxylamine groups is 1. The van der Waals surface area contributed by atoms with E-state index in [-0.39, 0.29) is 18.0 Å². The number of rotatable bonds is 11. The molecule has 8 heteroatoms. The predicted molar refractivity (Wildman–Crippen MR) is 171 cm³/mol. The molecule has 0 bridgehead atoms. The van der Waals surface area contributed by atoms with Crippen LogP contribution in [-0.2, 0) is 16.1 Å². The Labute approximate surface area is 247 Å². The van der Waals surface area contributed by atoms with Crippen LogP contribution >= 0.6 is 11.8 Å². The SMILES string of the molecule is C=C/C=C\C.C=CCC1CCCN1C(=O)[C@H](O)[C@@H](O)CONCC1NC(C)=CS1.CC.CCc1ccccc1C. The van der Waals surface area contributed by atoms with Gasteiger partial charge < -0.3 is 20.4 Å². The number of hydrogen-bond acceptors (Lipinski definition) is 7. The Balaban J connectivity index is 0.000000777. The fraction of sp³-hybridized carbons (Fsp3) is 0.531. The second-order valence-electron chi connectivity index (χ2n) is 9.14. The van der Waals surface area contributed by atoms with Gasteiger partial charge in [-0.2, -0.15) is 5.48 Å².